The SMILES string of the molecule is CC1CCC(C(C)C2C3CC(C4C5CCC(C5)C34)C2C(C(=O)O)C(C)C(=O)O)CC1O. The fraction of sp³-hybridized carbons (Fsp3) is 0.923. The zero-order valence-corrected chi connectivity index (χ0v) is 19.2. The van der Waals surface area contributed by atoms with Gasteiger partial charge in [-0.25, -0.2) is 0 Å². The van der Waals surface area contributed by atoms with Gasteiger partial charge in [0.05, 0.1) is 17.9 Å². The van der Waals surface area contributed by atoms with E-state index in [1.54, 1.807) is 6.92 Å². The second-order valence-electron chi connectivity index (χ2n) is 12.2. The van der Waals surface area contributed by atoms with Crippen molar-refractivity contribution >= 4 is 11.9 Å². The van der Waals surface area contributed by atoms with Gasteiger partial charge in [-0.2, -0.15) is 0 Å². The highest BCUT2D eigenvalue weighted by atomic mass is 16.4. The summed E-state index contributed by atoms with van der Waals surface area (Å²) in [6.07, 6.45) is 7.76. The highest BCUT2D eigenvalue weighted by Crippen LogP contribution is 2.73. The van der Waals surface area contributed by atoms with Crippen LogP contribution in [0.1, 0.15) is 65.7 Å². The van der Waals surface area contributed by atoms with E-state index in [2.05, 4.69) is 13.8 Å². The first-order chi connectivity index (χ1) is 14.7. The highest BCUT2D eigenvalue weighted by molar-refractivity contribution is 5.80. The van der Waals surface area contributed by atoms with Gasteiger partial charge >= 0.3 is 11.9 Å². The molecule has 0 amide bonds. The molecule has 31 heavy (non-hydrogen) atoms. The first-order valence-corrected chi connectivity index (χ1v) is 12.8. The maximum Gasteiger partial charge on any atom is 0.307 e. The van der Waals surface area contributed by atoms with Crippen LogP contribution in [0.15, 0.2) is 0 Å². The number of rotatable bonds is 6. The molecule has 14 unspecified atom stereocenters. The van der Waals surface area contributed by atoms with Crippen LogP contribution < -0.4 is 0 Å². The van der Waals surface area contributed by atoms with Crippen molar-refractivity contribution in [2.45, 2.75) is 71.8 Å². The number of aliphatic hydroxyl groups excluding tert-OH is 1. The topological polar surface area (TPSA) is 94.8 Å². The van der Waals surface area contributed by atoms with Crippen LogP contribution in [0.3, 0.4) is 0 Å². The van der Waals surface area contributed by atoms with E-state index in [4.69, 9.17) is 0 Å². The van der Waals surface area contributed by atoms with Crippen LogP contribution in [-0.2, 0) is 9.59 Å². The molecule has 0 aromatic rings. The van der Waals surface area contributed by atoms with E-state index in [-0.39, 0.29) is 12.0 Å². The molecule has 5 aliphatic rings. The van der Waals surface area contributed by atoms with E-state index in [0.29, 0.717) is 41.4 Å². The van der Waals surface area contributed by atoms with Crippen molar-refractivity contribution in [1.29, 1.82) is 0 Å². The Kier molecular flexibility index (Phi) is 5.43. The zero-order chi connectivity index (χ0) is 22.2. The number of carbonyl (C=O) groups is 2. The molecule has 0 spiro atoms. The fourth-order valence-corrected chi connectivity index (χ4v) is 9.91. The average Bonchev–Trinajstić information content (AvgIpc) is 3.48. The quantitative estimate of drug-likeness (QED) is 0.541. The molecule has 0 radical (unpaired) electrons. The van der Waals surface area contributed by atoms with Crippen LogP contribution in [-0.4, -0.2) is 33.4 Å². The summed E-state index contributed by atoms with van der Waals surface area (Å²) in [5, 5.41) is 30.6. The molecule has 0 saturated heterocycles. The second kappa shape index (κ2) is 7.74. The smallest absolute Gasteiger partial charge is 0.307 e. The van der Waals surface area contributed by atoms with Crippen LogP contribution in [0.2, 0.25) is 0 Å². The Hall–Kier alpha value is -1.10. The van der Waals surface area contributed by atoms with E-state index in [1.165, 1.54) is 19.3 Å². The molecule has 5 fully saturated rings. The molecule has 0 heterocycles. The highest BCUT2D eigenvalue weighted by Gasteiger charge is 2.68. The number of fused-ring (bicyclic) bond motifs is 9. The molecule has 5 rings (SSSR count). The van der Waals surface area contributed by atoms with Gasteiger partial charge in [0.1, 0.15) is 0 Å². The first-order valence-electron chi connectivity index (χ1n) is 12.8. The predicted molar refractivity (Wildman–Crippen MR) is 116 cm³/mol. The minimum atomic E-state index is -0.979. The second-order valence-corrected chi connectivity index (χ2v) is 12.2. The van der Waals surface area contributed by atoms with Gasteiger partial charge in [0.2, 0.25) is 0 Å². The summed E-state index contributed by atoms with van der Waals surface area (Å²) in [6, 6.07) is 0. The third-order valence-electron chi connectivity index (χ3n) is 11.2. The molecule has 5 saturated carbocycles. The molecule has 174 valence electrons. The van der Waals surface area contributed by atoms with Crippen LogP contribution >= 0.6 is 0 Å². The number of carboxylic acids is 2. The Bertz CT molecular complexity index is 735. The molecule has 5 heteroatoms. The molecule has 0 aromatic carbocycles. The van der Waals surface area contributed by atoms with E-state index < -0.39 is 23.8 Å². The van der Waals surface area contributed by atoms with Gasteiger partial charge in [-0.15, -0.1) is 0 Å². The fourth-order valence-electron chi connectivity index (χ4n) is 9.91. The molecule has 3 N–H and O–H groups in total. The van der Waals surface area contributed by atoms with Crippen molar-refractivity contribution in [2.24, 2.45) is 76.9 Å². The molecule has 4 bridgehead atoms. The summed E-state index contributed by atoms with van der Waals surface area (Å²) in [5.74, 6) is 1.72. The minimum absolute atomic E-state index is 0.0271. The van der Waals surface area contributed by atoms with E-state index in [1.807, 2.05) is 0 Å². The summed E-state index contributed by atoms with van der Waals surface area (Å²) >= 11 is 0. The molecule has 0 aromatic heterocycles. The van der Waals surface area contributed by atoms with Gasteiger partial charge in [-0.05, 0) is 110 Å². The van der Waals surface area contributed by atoms with Crippen molar-refractivity contribution in [1.82, 2.24) is 0 Å². The third kappa shape index (κ3) is 3.20. The van der Waals surface area contributed by atoms with Gasteiger partial charge in [0, 0.05) is 0 Å². The van der Waals surface area contributed by atoms with Crippen molar-refractivity contribution in [2.75, 3.05) is 0 Å². The molecular formula is C26H40O5. The maximum atomic E-state index is 12.5. The van der Waals surface area contributed by atoms with Crippen LogP contribution in [0.4, 0.5) is 0 Å². The number of hydrogen-bond acceptors (Lipinski definition) is 3. The van der Waals surface area contributed by atoms with Crippen molar-refractivity contribution in [3.63, 3.8) is 0 Å². The Balaban J connectivity index is 1.49. The molecule has 14 atom stereocenters. The maximum absolute atomic E-state index is 12.5. The van der Waals surface area contributed by atoms with Crippen molar-refractivity contribution < 1.29 is 24.9 Å². The number of aliphatic carboxylic acids is 2. The van der Waals surface area contributed by atoms with Gasteiger partial charge in [0.25, 0.3) is 0 Å². The Morgan fingerprint density at radius 3 is 1.97 bits per heavy atom. The number of hydrogen-bond donors (Lipinski definition) is 3. The lowest BCUT2D eigenvalue weighted by molar-refractivity contribution is -0.160. The van der Waals surface area contributed by atoms with Crippen molar-refractivity contribution in [3.05, 3.63) is 0 Å². The standard InChI is InChI=1S/C26H40O5/c1-11-4-5-14(9-19(11)27)12(2)20-17-10-18(23-16-7-6-15(8-16)22(17)23)24(20)21(26(30)31)13(3)25(28)29/h11-24,27H,4-10H2,1-3H3,(H,28,29)(H,30,31). The summed E-state index contributed by atoms with van der Waals surface area (Å²) in [5.41, 5.74) is 0. The van der Waals surface area contributed by atoms with E-state index in [9.17, 15) is 24.9 Å². The van der Waals surface area contributed by atoms with Crippen LogP contribution in [0, 0.1) is 76.9 Å². The van der Waals surface area contributed by atoms with Crippen LogP contribution in [0.5, 0.6) is 0 Å². The monoisotopic (exact) mass is 432 g/mol. The van der Waals surface area contributed by atoms with E-state index >= 15 is 0 Å². The normalized spacial score (nSPS) is 50.8. The van der Waals surface area contributed by atoms with Crippen molar-refractivity contribution in [3.8, 4) is 0 Å². The van der Waals surface area contributed by atoms with Gasteiger partial charge in [-0.3, -0.25) is 9.59 Å². The summed E-state index contributed by atoms with van der Waals surface area (Å²) in [4.78, 5) is 24.4. The van der Waals surface area contributed by atoms with Gasteiger partial charge in [0.15, 0.2) is 0 Å². The first kappa shape index (κ1) is 21.7. The Morgan fingerprint density at radius 2 is 1.42 bits per heavy atom. The third-order valence-corrected chi connectivity index (χ3v) is 11.2. The molecular weight excluding hydrogens is 392 g/mol. The summed E-state index contributed by atoms with van der Waals surface area (Å²) in [6.45, 7) is 6.04. The summed E-state index contributed by atoms with van der Waals surface area (Å²) < 4.78 is 0. The zero-order valence-electron chi connectivity index (χ0n) is 19.2. The lowest BCUT2D eigenvalue weighted by Crippen LogP contribution is -2.49. The number of aliphatic hydroxyl groups is 1. The summed E-state index contributed by atoms with van der Waals surface area (Å²) in [7, 11) is 0. The minimum Gasteiger partial charge on any atom is -0.481 e. The molecule has 0 aliphatic heterocycles. The average molecular weight is 433 g/mol. The van der Waals surface area contributed by atoms with Crippen LogP contribution in [0.25, 0.3) is 0 Å². The Morgan fingerprint density at radius 1 is 0.806 bits per heavy atom. The van der Waals surface area contributed by atoms with Gasteiger partial charge < -0.3 is 15.3 Å². The van der Waals surface area contributed by atoms with E-state index in [0.717, 1.165) is 43.4 Å². The number of carboxylic acid groups (broad SMARTS) is 2. The molecule has 5 aliphatic carbocycles. The predicted octanol–water partition coefficient (Wildman–Crippen LogP) is 4.39. The lowest BCUT2D eigenvalue weighted by Gasteiger charge is -2.50. The Labute approximate surface area is 186 Å². The van der Waals surface area contributed by atoms with Gasteiger partial charge in [-0.1, -0.05) is 20.8 Å². The lowest BCUT2D eigenvalue weighted by atomic mass is 9.54. The molecule has 5 nitrogen and oxygen atoms in total. The largest absolute Gasteiger partial charge is 0.481 e.